The Balaban J connectivity index is 1.24. The summed E-state index contributed by atoms with van der Waals surface area (Å²) in [5.74, 6) is 0. The maximum atomic E-state index is 11.0. The number of aromatic nitrogens is 1. The number of fused-ring (bicyclic) bond motifs is 3. The van der Waals surface area contributed by atoms with Gasteiger partial charge in [-0.1, -0.05) is 48.5 Å². The van der Waals surface area contributed by atoms with Gasteiger partial charge in [-0.25, -0.2) is 0 Å². The van der Waals surface area contributed by atoms with Gasteiger partial charge in [0.1, 0.15) is 0 Å². The molecular formula is C26H28IN3O. The van der Waals surface area contributed by atoms with Crippen LogP contribution in [-0.4, -0.2) is 58.3 Å². The van der Waals surface area contributed by atoms with Crippen molar-refractivity contribution in [2.75, 3.05) is 32.7 Å². The minimum atomic E-state index is -0.390. The van der Waals surface area contributed by atoms with E-state index in [4.69, 9.17) is 0 Å². The van der Waals surface area contributed by atoms with Crippen LogP contribution >= 0.6 is 22.6 Å². The van der Waals surface area contributed by atoms with Crippen molar-refractivity contribution in [3.8, 4) is 0 Å². The van der Waals surface area contributed by atoms with Crippen LogP contribution in [-0.2, 0) is 13.1 Å². The Morgan fingerprint density at radius 3 is 2.23 bits per heavy atom. The average Bonchev–Trinajstić information content (AvgIpc) is 3.09. The van der Waals surface area contributed by atoms with E-state index < -0.39 is 0 Å². The lowest BCUT2D eigenvalue weighted by atomic mass is 10.2. The second-order valence-corrected chi connectivity index (χ2v) is 9.75. The number of benzene rings is 3. The highest BCUT2D eigenvalue weighted by Gasteiger charge is 2.20. The van der Waals surface area contributed by atoms with Crippen LogP contribution in [0.5, 0.6) is 0 Å². The van der Waals surface area contributed by atoms with Gasteiger partial charge in [-0.05, 0) is 52.4 Å². The lowest BCUT2D eigenvalue weighted by molar-refractivity contribution is 0.0634. The van der Waals surface area contributed by atoms with Gasteiger partial charge in [0.05, 0.1) is 12.6 Å². The summed E-state index contributed by atoms with van der Waals surface area (Å²) in [5, 5.41) is 13.5. The highest BCUT2D eigenvalue weighted by molar-refractivity contribution is 14.1. The largest absolute Gasteiger partial charge is 0.390 e. The zero-order valence-corrected chi connectivity index (χ0v) is 19.8. The normalized spacial score (nSPS) is 16.8. The van der Waals surface area contributed by atoms with Crippen LogP contribution in [0.2, 0.25) is 0 Å². The van der Waals surface area contributed by atoms with Crippen molar-refractivity contribution in [2.45, 2.75) is 19.2 Å². The molecule has 5 rings (SSSR count). The van der Waals surface area contributed by atoms with Gasteiger partial charge in [0.25, 0.3) is 0 Å². The van der Waals surface area contributed by atoms with Crippen LogP contribution in [0, 0.1) is 3.57 Å². The number of hydrogen-bond donors (Lipinski definition) is 1. The fourth-order valence-corrected chi connectivity index (χ4v) is 5.25. The van der Waals surface area contributed by atoms with Crippen LogP contribution in [0.15, 0.2) is 72.8 Å². The SMILES string of the molecule is O[C@@H](CN1CCN(Cc2ccccc2)CC1)Cn1c2ccccc2c2cc(I)ccc21. The molecule has 31 heavy (non-hydrogen) atoms. The Bertz CT molecular complexity index is 1170. The monoisotopic (exact) mass is 525 g/mol. The van der Waals surface area contributed by atoms with E-state index in [1.165, 1.54) is 30.9 Å². The summed E-state index contributed by atoms with van der Waals surface area (Å²) in [6, 6.07) is 25.8. The van der Waals surface area contributed by atoms with Crippen molar-refractivity contribution in [1.29, 1.82) is 0 Å². The van der Waals surface area contributed by atoms with Gasteiger partial charge < -0.3 is 9.67 Å². The Hall–Kier alpha value is -1.93. The summed E-state index contributed by atoms with van der Waals surface area (Å²) in [6.45, 7) is 6.47. The van der Waals surface area contributed by atoms with E-state index >= 15 is 0 Å². The standard InChI is InChI=1S/C26H28IN3O/c27-21-10-11-26-24(16-21)23-8-4-5-9-25(23)30(26)19-22(31)18-29-14-12-28(13-15-29)17-20-6-2-1-3-7-20/h1-11,16,22,31H,12-15,17-19H2/t22-/m0/s1. The molecule has 0 bridgehead atoms. The number of β-amino-alcohol motifs (C(OH)–C–C–N with tert-alkyl or cyclic N) is 1. The van der Waals surface area contributed by atoms with Crippen LogP contribution in [0.1, 0.15) is 5.56 Å². The number of nitrogens with zero attached hydrogens (tertiary/aromatic N) is 3. The highest BCUT2D eigenvalue weighted by atomic mass is 127. The lowest BCUT2D eigenvalue weighted by Crippen LogP contribution is -2.48. The molecule has 3 aromatic carbocycles. The molecule has 0 unspecified atom stereocenters. The third-order valence-corrected chi connectivity index (χ3v) is 6.98. The van der Waals surface area contributed by atoms with Gasteiger partial charge in [0.2, 0.25) is 0 Å². The van der Waals surface area contributed by atoms with Crippen molar-refractivity contribution >= 4 is 44.4 Å². The number of hydrogen-bond acceptors (Lipinski definition) is 3. The van der Waals surface area contributed by atoms with Crippen molar-refractivity contribution in [1.82, 2.24) is 14.4 Å². The highest BCUT2D eigenvalue weighted by Crippen LogP contribution is 2.30. The molecule has 160 valence electrons. The average molecular weight is 525 g/mol. The molecule has 0 saturated carbocycles. The zero-order valence-electron chi connectivity index (χ0n) is 17.6. The molecule has 1 aromatic heterocycles. The molecule has 1 fully saturated rings. The quantitative estimate of drug-likeness (QED) is 0.374. The summed E-state index contributed by atoms with van der Waals surface area (Å²) in [6.07, 6.45) is -0.390. The molecule has 4 nitrogen and oxygen atoms in total. The molecule has 1 atom stereocenters. The number of halogens is 1. The van der Waals surface area contributed by atoms with Crippen molar-refractivity contribution in [3.63, 3.8) is 0 Å². The van der Waals surface area contributed by atoms with Gasteiger partial charge in [0, 0.05) is 64.6 Å². The Labute approximate surface area is 197 Å². The molecule has 1 saturated heterocycles. The van der Waals surface area contributed by atoms with Gasteiger partial charge in [0.15, 0.2) is 0 Å². The molecule has 1 N–H and O–H groups in total. The molecule has 4 aromatic rings. The van der Waals surface area contributed by atoms with Crippen LogP contribution in [0.3, 0.4) is 0 Å². The van der Waals surface area contributed by atoms with Crippen molar-refractivity contribution < 1.29 is 5.11 Å². The van der Waals surface area contributed by atoms with E-state index in [9.17, 15) is 5.11 Å². The summed E-state index contributed by atoms with van der Waals surface area (Å²) in [4.78, 5) is 4.91. The Kier molecular flexibility index (Phi) is 6.27. The first-order valence-electron chi connectivity index (χ1n) is 11.0. The zero-order chi connectivity index (χ0) is 21.2. The molecule has 0 aliphatic carbocycles. The van der Waals surface area contributed by atoms with Crippen molar-refractivity contribution in [3.05, 3.63) is 81.9 Å². The predicted octanol–water partition coefficient (Wildman–Crippen LogP) is 4.58. The van der Waals surface area contributed by atoms with Gasteiger partial charge in [-0.3, -0.25) is 9.80 Å². The molecule has 2 heterocycles. The maximum Gasteiger partial charge on any atom is 0.0845 e. The van der Waals surface area contributed by atoms with Crippen LogP contribution in [0.25, 0.3) is 21.8 Å². The third-order valence-electron chi connectivity index (χ3n) is 6.31. The Morgan fingerprint density at radius 1 is 0.742 bits per heavy atom. The van der Waals surface area contributed by atoms with E-state index in [0.717, 1.165) is 39.3 Å². The number of rotatable bonds is 6. The van der Waals surface area contributed by atoms with Gasteiger partial charge in [-0.15, -0.1) is 0 Å². The molecule has 0 spiro atoms. The van der Waals surface area contributed by atoms with E-state index in [1.807, 2.05) is 0 Å². The van der Waals surface area contributed by atoms with E-state index in [0.29, 0.717) is 6.54 Å². The number of piperazine rings is 1. The van der Waals surface area contributed by atoms with Crippen LogP contribution in [0.4, 0.5) is 0 Å². The fourth-order valence-electron chi connectivity index (χ4n) is 4.76. The minimum absolute atomic E-state index is 0.390. The summed E-state index contributed by atoms with van der Waals surface area (Å²) < 4.78 is 3.53. The molecule has 0 radical (unpaired) electrons. The lowest BCUT2D eigenvalue weighted by Gasteiger charge is -2.35. The first kappa shape index (κ1) is 20.9. The first-order valence-corrected chi connectivity index (χ1v) is 12.1. The van der Waals surface area contributed by atoms with Crippen LogP contribution < -0.4 is 0 Å². The van der Waals surface area contributed by atoms with E-state index in [2.05, 4.69) is 110 Å². The Morgan fingerprint density at radius 2 is 1.42 bits per heavy atom. The number of aliphatic hydroxyl groups is 1. The molecule has 0 amide bonds. The van der Waals surface area contributed by atoms with E-state index in [-0.39, 0.29) is 6.10 Å². The topological polar surface area (TPSA) is 31.6 Å². The summed E-state index contributed by atoms with van der Waals surface area (Å²) >= 11 is 2.37. The third kappa shape index (κ3) is 4.65. The number of para-hydroxylation sites is 1. The molecule has 5 heteroatoms. The maximum absolute atomic E-state index is 11.0. The summed E-state index contributed by atoms with van der Waals surface area (Å²) in [5.41, 5.74) is 3.77. The first-order chi connectivity index (χ1) is 15.2. The second kappa shape index (κ2) is 9.28. The van der Waals surface area contributed by atoms with Gasteiger partial charge in [-0.2, -0.15) is 0 Å². The van der Waals surface area contributed by atoms with Gasteiger partial charge >= 0.3 is 0 Å². The fraction of sp³-hybridized carbons (Fsp3) is 0.308. The minimum Gasteiger partial charge on any atom is -0.390 e. The second-order valence-electron chi connectivity index (χ2n) is 8.51. The smallest absolute Gasteiger partial charge is 0.0845 e. The number of aliphatic hydroxyl groups excluding tert-OH is 1. The molecule has 1 aliphatic rings. The predicted molar refractivity (Wildman–Crippen MR) is 136 cm³/mol. The summed E-state index contributed by atoms with van der Waals surface area (Å²) in [7, 11) is 0. The molecular weight excluding hydrogens is 497 g/mol. The van der Waals surface area contributed by atoms with E-state index in [1.54, 1.807) is 0 Å². The van der Waals surface area contributed by atoms with Crippen molar-refractivity contribution in [2.24, 2.45) is 0 Å². The molecule has 1 aliphatic heterocycles.